The number of hydrogen-bond donors (Lipinski definition) is 2. The zero-order valence-corrected chi connectivity index (χ0v) is 22.8. The molecule has 0 aliphatic carbocycles. The Balaban J connectivity index is 1.43. The van der Waals surface area contributed by atoms with E-state index in [1.807, 2.05) is 36.6 Å². The van der Waals surface area contributed by atoms with Crippen LogP contribution >= 0.6 is 11.3 Å². The normalized spacial score (nSPS) is 23.2. The van der Waals surface area contributed by atoms with Crippen molar-refractivity contribution in [1.82, 2.24) is 14.5 Å². The van der Waals surface area contributed by atoms with Gasteiger partial charge in [0.1, 0.15) is 0 Å². The Morgan fingerprint density at radius 2 is 1.79 bits per heavy atom. The van der Waals surface area contributed by atoms with E-state index in [4.69, 9.17) is 5.41 Å². The minimum atomic E-state index is -3.60. The van der Waals surface area contributed by atoms with Gasteiger partial charge in [-0.25, -0.2) is 8.42 Å². The molecule has 2 aliphatic heterocycles. The van der Waals surface area contributed by atoms with E-state index < -0.39 is 21.5 Å². The quantitative estimate of drug-likeness (QED) is 0.496. The Morgan fingerprint density at radius 3 is 2.47 bits per heavy atom. The van der Waals surface area contributed by atoms with E-state index >= 15 is 0 Å². The fraction of sp³-hybridized carbons (Fsp3) is 0.321. The minimum absolute atomic E-state index is 0.0410. The summed E-state index contributed by atoms with van der Waals surface area (Å²) < 4.78 is 27.8. The van der Waals surface area contributed by atoms with Crippen LogP contribution in [-0.2, 0) is 20.4 Å². The molecule has 2 atom stereocenters. The SMILES string of the molecule is CN1C(=N)N[C@](C)(c2cc(-c3cccc(C#N)c3)cs2)[C@@H](C2CCN(S(=O)(=O)c3ccccc3)CC2)C1=O. The Kier molecular flexibility index (Phi) is 6.86. The maximum atomic E-state index is 13.7. The molecule has 1 amide bonds. The molecule has 10 heteroatoms. The lowest BCUT2D eigenvalue weighted by molar-refractivity contribution is -0.138. The van der Waals surface area contributed by atoms with E-state index in [0.717, 1.165) is 16.0 Å². The number of nitrogens with zero attached hydrogens (tertiary/aromatic N) is 3. The molecule has 8 nitrogen and oxygen atoms in total. The molecule has 196 valence electrons. The lowest BCUT2D eigenvalue weighted by atomic mass is 9.70. The first-order valence-corrected chi connectivity index (χ1v) is 14.8. The predicted octanol–water partition coefficient (Wildman–Crippen LogP) is 4.22. The summed E-state index contributed by atoms with van der Waals surface area (Å²) in [4.78, 5) is 16.2. The van der Waals surface area contributed by atoms with Gasteiger partial charge in [-0.2, -0.15) is 9.57 Å². The molecule has 2 saturated heterocycles. The zero-order chi connectivity index (χ0) is 27.1. The van der Waals surface area contributed by atoms with Gasteiger partial charge in [-0.05, 0) is 72.5 Å². The monoisotopic (exact) mass is 547 g/mol. The third-order valence-electron chi connectivity index (χ3n) is 7.72. The third kappa shape index (κ3) is 4.51. The lowest BCUT2D eigenvalue weighted by Crippen LogP contribution is -2.65. The summed E-state index contributed by atoms with van der Waals surface area (Å²) in [5, 5.41) is 23.0. The second kappa shape index (κ2) is 9.98. The summed E-state index contributed by atoms with van der Waals surface area (Å²) in [6.07, 6.45) is 1.09. The largest absolute Gasteiger partial charge is 0.345 e. The third-order valence-corrected chi connectivity index (χ3v) is 10.8. The molecule has 38 heavy (non-hydrogen) atoms. The molecule has 0 spiro atoms. The molecule has 0 saturated carbocycles. The van der Waals surface area contributed by atoms with Gasteiger partial charge >= 0.3 is 0 Å². The molecule has 1 aromatic heterocycles. The van der Waals surface area contributed by atoms with Gasteiger partial charge in [-0.3, -0.25) is 15.1 Å². The number of thiophene rings is 1. The van der Waals surface area contributed by atoms with Crippen molar-refractivity contribution in [3.63, 3.8) is 0 Å². The summed E-state index contributed by atoms with van der Waals surface area (Å²) in [6.45, 7) is 2.63. The highest BCUT2D eigenvalue weighted by molar-refractivity contribution is 7.89. The summed E-state index contributed by atoms with van der Waals surface area (Å²) in [5.41, 5.74) is 1.61. The number of rotatable bonds is 5. The Bertz CT molecular complexity index is 1520. The van der Waals surface area contributed by atoms with Crippen molar-refractivity contribution >= 4 is 33.2 Å². The van der Waals surface area contributed by atoms with Crippen molar-refractivity contribution in [2.24, 2.45) is 11.8 Å². The summed E-state index contributed by atoms with van der Waals surface area (Å²) >= 11 is 1.52. The molecular formula is C28H29N5O3S2. The predicted molar refractivity (Wildman–Crippen MR) is 147 cm³/mol. The van der Waals surface area contributed by atoms with Gasteiger partial charge in [-0.15, -0.1) is 11.3 Å². The molecular weight excluding hydrogens is 518 g/mol. The maximum absolute atomic E-state index is 13.7. The topological polar surface area (TPSA) is 117 Å². The molecule has 0 unspecified atom stereocenters. The van der Waals surface area contributed by atoms with Gasteiger partial charge in [0.2, 0.25) is 15.9 Å². The van der Waals surface area contributed by atoms with Crippen molar-refractivity contribution in [3.8, 4) is 17.2 Å². The van der Waals surface area contributed by atoms with E-state index in [2.05, 4.69) is 11.4 Å². The van der Waals surface area contributed by atoms with Gasteiger partial charge in [0, 0.05) is 25.0 Å². The van der Waals surface area contributed by atoms with Crippen LogP contribution < -0.4 is 5.32 Å². The van der Waals surface area contributed by atoms with Crippen molar-refractivity contribution in [3.05, 3.63) is 76.5 Å². The van der Waals surface area contributed by atoms with E-state index in [1.165, 1.54) is 20.5 Å². The van der Waals surface area contributed by atoms with Gasteiger partial charge in [0.25, 0.3) is 0 Å². The molecule has 5 rings (SSSR count). The number of carbonyl (C=O) groups excluding carboxylic acids is 1. The summed E-state index contributed by atoms with van der Waals surface area (Å²) in [6, 6.07) is 20.0. The number of amides is 1. The van der Waals surface area contributed by atoms with E-state index in [0.29, 0.717) is 31.5 Å². The molecule has 3 heterocycles. The van der Waals surface area contributed by atoms with Crippen LogP contribution in [0.1, 0.15) is 30.2 Å². The Morgan fingerprint density at radius 1 is 1.08 bits per heavy atom. The van der Waals surface area contributed by atoms with Gasteiger partial charge in [0.05, 0.1) is 28.0 Å². The molecule has 2 aromatic carbocycles. The number of piperidine rings is 1. The number of benzene rings is 2. The molecule has 2 N–H and O–H groups in total. The van der Waals surface area contributed by atoms with Crippen LogP contribution in [0.2, 0.25) is 0 Å². The highest BCUT2D eigenvalue weighted by Crippen LogP contribution is 2.45. The van der Waals surface area contributed by atoms with Crippen LogP contribution in [0.4, 0.5) is 0 Å². The Labute approximate surface area is 227 Å². The second-order valence-corrected chi connectivity index (χ2v) is 12.8. The second-order valence-electron chi connectivity index (χ2n) is 10.00. The van der Waals surface area contributed by atoms with Crippen molar-refractivity contribution < 1.29 is 13.2 Å². The van der Waals surface area contributed by atoms with Gasteiger partial charge < -0.3 is 5.32 Å². The molecule has 0 radical (unpaired) electrons. The number of guanidine groups is 1. The van der Waals surface area contributed by atoms with E-state index in [1.54, 1.807) is 43.4 Å². The van der Waals surface area contributed by atoms with Crippen LogP contribution in [0.5, 0.6) is 0 Å². The number of nitriles is 1. The minimum Gasteiger partial charge on any atom is -0.345 e. The average molecular weight is 548 g/mol. The van der Waals surface area contributed by atoms with Gasteiger partial charge in [0.15, 0.2) is 5.96 Å². The fourth-order valence-corrected chi connectivity index (χ4v) is 8.15. The number of nitrogens with one attached hydrogen (secondary N) is 2. The molecule has 2 fully saturated rings. The zero-order valence-electron chi connectivity index (χ0n) is 21.2. The standard InChI is InChI=1S/C28H29N5O3S2/c1-28(24-16-22(18-37-24)21-8-6-7-19(15-21)17-29)25(26(34)32(2)27(30)31-28)20-11-13-33(14-12-20)38(35,36)23-9-4-3-5-10-23/h3-10,15-16,18,20,25H,11-14H2,1-2H3,(H2,30,31)/t25-,28+/m0/s1. The smallest absolute Gasteiger partial charge is 0.243 e. The van der Waals surface area contributed by atoms with Gasteiger partial charge in [-0.1, -0.05) is 30.3 Å². The lowest BCUT2D eigenvalue weighted by Gasteiger charge is -2.49. The first-order chi connectivity index (χ1) is 18.1. The summed E-state index contributed by atoms with van der Waals surface area (Å²) in [5.74, 6) is -0.633. The first-order valence-electron chi connectivity index (χ1n) is 12.4. The van der Waals surface area contributed by atoms with Crippen molar-refractivity contribution in [2.75, 3.05) is 20.1 Å². The fourth-order valence-electron chi connectivity index (χ4n) is 5.58. The maximum Gasteiger partial charge on any atom is 0.243 e. The van der Waals surface area contributed by atoms with Crippen LogP contribution in [0, 0.1) is 28.6 Å². The highest BCUT2D eigenvalue weighted by atomic mass is 32.2. The number of hydrogen-bond acceptors (Lipinski definition) is 6. The van der Waals surface area contributed by atoms with Crippen molar-refractivity contribution in [1.29, 1.82) is 10.7 Å². The Hall–Kier alpha value is -3.52. The highest BCUT2D eigenvalue weighted by Gasteiger charge is 2.52. The van der Waals surface area contributed by atoms with E-state index in [-0.39, 0.29) is 22.7 Å². The molecule has 3 aromatic rings. The molecule has 0 bridgehead atoms. The number of carbonyl (C=O) groups is 1. The van der Waals surface area contributed by atoms with Crippen LogP contribution in [0.25, 0.3) is 11.1 Å². The van der Waals surface area contributed by atoms with Crippen LogP contribution in [0.15, 0.2) is 70.9 Å². The first kappa shape index (κ1) is 26.1. The van der Waals surface area contributed by atoms with E-state index in [9.17, 15) is 18.5 Å². The van der Waals surface area contributed by atoms with Crippen LogP contribution in [0.3, 0.4) is 0 Å². The van der Waals surface area contributed by atoms with Crippen LogP contribution in [-0.4, -0.2) is 49.6 Å². The molecule has 2 aliphatic rings. The van der Waals surface area contributed by atoms with Crippen molar-refractivity contribution in [2.45, 2.75) is 30.2 Å². The number of sulfonamides is 1. The summed E-state index contributed by atoms with van der Waals surface area (Å²) in [7, 11) is -1.99. The average Bonchev–Trinajstić information content (AvgIpc) is 3.44.